The second-order valence-electron chi connectivity index (χ2n) is 5.98. The van der Waals surface area contributed by atoms with Crippen molar-refractivity contribution >= 4 is 22.4 Å². The number of aromatic nitrogens is 4. The van der Waals surface area contributed by atoms with Crippen LogP contribution < -0.4 is 10.3 Å². The summed E-state index contributed by atoms with van der Waals surface area (Å²) in [5.41, 5.74) is 0.0429. The van der Waals surface area contributed by atoms with Gasteiger partial charge >= 0.3 is 5.69 Å². The molecular formula is C18H14FN5O4. The minimum Gasteiger partial charge on any atom is -0.478 e. The first-order valence-corrected chi connectivity index (χ1v) is 8.43. The molecule has 0 aliphatic heterocycles. The summed E-state index contributed by atoms with van der Waals surface area (Å²) < 4.78 is 22.1. The number of halogens is 1. The number of nitro benzene ring substituents is 1. The molecule has 0 saturated heterocycles. The van der Waals surface area contributed by atoms with Crippen LogP contribution in [-0.4, -0.2) is 24.1 Å². The van der Waals surface area contributed by atoms with Gasteiger partial charge in [-0.15, -0.1) is 10.2 Å². The summed E-state index contributed by atoms with van der Waals surface area (Å²) in [4.78, 5) is 23.1. The Morgan fingerprint density at radius 2 is 2.00 bits per heavy atom. The first-order chi connectivity index (χ1) is 13.5. The molecule has 2 heterocycles. The summed E-state index contributed by atoms with van der Waals surface area (Å²) in [7, 11) is 0. The van der Waals surface area contributed by atoms with E-state index in [2.05, 4.69) is 10.2 Å². The topological polar surface area (TPSA) is 105 Å². The van der Waals surface area contributed by atoms with Crippen LogP contribution in [0, 0.1) is 15.9 Å². The number of rotatable bonds is 5. The lowest BCUT2D eigenvalue weighted by Gasteiger charge is -2.10. The van der Waals surface area contributed by atoms with Crippen molar-refractivity contribution in [1.82, 2.24) is 19.2 Å². The molecular weight excluding hydrogens is 369 g/mol. The smallest absolute Gasteiger partial charge is 0.311 e. The third-order valence-electron chi connectivity index (χ3n) is 4.37. The summed E-state index contributed by atoms with van der Waals surface area (Å²) in [5, 5.41) is 19.8. The first kappa shape index (κ1) is 17.6. The van der Waals surface area contributed by atoms with Crippen molar-refractivity contribution in [2.45, 2.75) is 20.1 Å². The van der Waals surface area contributed by atoms with E-state index in [9.17, 15) is 19.3 Å². The number of ether oxygens (including phenoxy) is 1. The Hall–Kier alpha value is -3.82. The highest BCUT2D eigenvalue weighted by atomic mass is 19.1. The molecule has 0 bridgehead atoms. The van der Waals surface area contributed by atoms with Crippen LogP contribution in [0.1, 0.15) is 12.7 Å². The van der Waals surface area contributed by atoms with Crippen molar-refractivity contribution in [2.24, 2.45) is 0 Å². The molecule has 0 N–H and O–H groups in total. The maximum absolute atomic E-state index is 13.5. The number of hydrogen-bond donors (Lipinski definition) is 0. The Labute approximate surface area is 156 Å². The number of benzene rings is 2. The van der Waals surface area contributed by atoms with Gasteiger partial charge in [0.1, 0.15) is 12.4 Å². The van der Waals surface area contributed by atoms with E-state index in [-0.39, 0.29) is 23.6 Å². The van der Waals surface area contributed by atoms with E-state index in [1.807, 2.05) is 6.92 Å². The highest BCUT2D eigenvalue weighted by molar-refractivity contribution is 5.80. The standard InChI is InChI=1S/C18H14FN5O4/c1-2-22-17(25)12-5-3-4-6-13(12)23-16(20-21-18(22)23)10-28-15-9-11(19)7-8-14(15)24(26)27/h3-9H,2,10H2,1H3. The van der Waals surface area contributed by atoms with Crippen LogP contribution in [0.5, 0.6) is 5.75 Å². The predicted molar refractivity (Wildman–Crippen MR) is 97.8 cm³/mol. The largest absolute Gasteiger partial charge is 0.478 e. The van der Waals surface area contributed by atoms with Gasteiger partial charge in [-0.25, -0.2) is 4.39 Å². The van der Waals surface area contributed by atoms with Crippen LogP contribution in [0.3, 0.4) is 0 Å². The van der Waals surface area contributed by atoms with Crippen molar-refractivity contribution in [1.29, 1.82) is 0 Å². The zero-order valence-electron chi connectivity index (χ0n) is 14.7. The van der Waals surface area contributed by atoms with Crippen molar-refractivity contribution in [3.63, 3.8) is 0 Å². The Morgan fingerprint density at radius 3 is 2.75 bits per heavy atom. The molecule has 0 saturated carbocycles. The Morgan fingerprint density at radius 1 is 1.21 bits per heavy atom. The van der Waals surface area contributed by atoms with Crippen LogP contribution in [-0.2, 0) is 13.2 Å². The van der Waals surface area contributed by atoms with Crippen LogP contribution in [0.4, 0.5) is 10.1 Å². The fraction of sp³-hybridized carbons (Fsp3) is 0.167. The zero-order chi connectivity index (χ0) is 19.8. The minimum atomic E-state index is -0.656. The van der Waals surface area contributed by atoms with Crippen LogP contribution >= 0.6 is 0 Å². The maximum atomic E-state index is 13.5. The van der Waals surface area contributed by atoms with Crippen LogP contribution in [0.25, 0.3) is 16.7 Å². The van der Waals surface area contributed by atoms with E-state index in [1.54, 1.807) is 28.7 Å². The Kier molecular flexibility index (Phi) is 4.22. The number of fused-ring (bicyclic) bond motifs is 3. The highest BCUT2D eigenvalue weighted by Crippen LogP contribution is 2.28. The molecule has 0 aliphatic carbocycles. The molecule has 4 aromatic rings. The van der Waals surface area contributed by atoms with Crippen LogP contribution in [0.2, 0.25) is 0 Å². The quantitative estimate of drug-likeness (QED) is 0.388. The zero-order valence-corrected chi connectivity index (χ0v) is 14.7. The fourth-order valence-corrected chi connectivity index (χ4v) is 3.09. The molecule has 28 heavy (non-hydrogen) atoms. The molecule has 0 spiro atoms. The third kappa shape index (κ3) is 2.75. The number of nitrogens with zero attached hydrogens (tertiary/aromatic N) is 5. The van der Waals surface area contributed by atoms with Crippen molar-refractivity contribution in [3.05, 3.63) is 74.6 Å². The summed E-state index contributed by atoms with van der Waals surface area (Å²) in [6.45, 7) is 2.01. The first-order valence-electron chi connectivity index (χ1n) is 8.43. The SMILES string of the molecule is CCn1c(=O)c2ccccc2n2c(COc3cc(F)ccc3[N+](=O)[O-])nnc12. The van der Waals surface area contributed by atoms with Gasteiger partial charge in [-0.1, -0.05) is 12.1 Å². The average molecular weight is 383 g/mol. The lowest BCUT2D eigenvalue weighted by Crippen LogP contribution is -2.22. The second kappa shape index (κ2) is 6.72. The van der Waals surface area contributed by atoms with Gasteiger partial charge in [0.2, 0.25) is 5.78 Å². The highest BCUT2D eigenvalue weighted by Gasteiger charge is 2.19. The van der Waals surface area contributed by atoms with Crippen molar-refractivity contribution in [3.8, 4) is 5.75 Å². The summed E-state index contributed by atoms with van der Waals surface area (Å²) in [6.07, 6.45) is 0. The molecule has 9 nitrogen and oxygen atoms in total. The molecule has 2 aromatic carbocycles. The van der Waals surface area contributed by atoms with E-state index in [0.29, 0.717) is 29.0 Å². The molecule has 0 fully saturated rings. The average Bonchev–Trinajstić information content (AvgIpc) is 3.10. The third-order valence-corrected chi connectivity index (χ3v) is 4.37. The molecule has 0 atom stereocenters. The van der Waals surface area contributed by atoms with Gasteiger partial charge in [-0.2, -0.15) is 0 Å². The fourth-order valence-electron chi connectivity index (χ4n) is 3.09. The predicted octanol–water partition coefficient (Wildman–Crippen LogP) is 2.69. The molecule has 0 radical (unpaired) electrons. The summed E-state index contributed by atoms with van der Waals surface area (Å²) >= 11 is 0. The molecule has 10 heteroatoms. The second-order valence-corrected chi connectivity index (χ2v) is 5.98. The van der Waals surface area contributed by atoms with E-state index >= 15 is 0 Å². The number of aryl methyl sites for hydroxylation is 1. The van der Waals surface area contributed by atoms with E-state index in [1.165, 1.54) is 4.57 Å². The van der Waals surface area contributed by atoms with Gasteiger partial charge in [0.25, 0.3) is 5.56 Å². The lowest BCUT2D eigenvalue weighted by molar-refractivity contribution is -0.386. The maximum Gasteiger partial charge on any atom is 0.311 e. The van der Waals surface area contributed by atoms with Gasteiger partial charge in [0, 0.05) is 18.7 Å². The molecule has 4 rings (SSSR count). The summed E-state index contributed by atoms with van der Waals surface area (Å²) in [6, 6.07) is 9.96. The van der Waals surface area contributed by atoms with E-state index < -0.39 is 10.7 Å². The molecule has 0 amide bonds. The minimum absolute atomic E-state index is 0.189. The van der Waals surface area contributed by atoms with Crippen molar-refractivity contribution in [2.75, 3.05) is 0 Å². The van der Waals surface area contributed by atoms with Crippen LogP contribution in [0.15, 0.2) is 47.3 Å². The normalized spacial score (nSPS) is 11.2. The van der Waals surface area contributed by atoms with E-state index in [4.69, 9.17) is 4.74 Å². The molecule has 0 unspecified atom stereocenters. The molecule has 2 aromatic heterocycles. The Bertz CT molecular complexity index is 1280. The molecule has 0 aliphatic rings. The lowest BCUT2D eigenvalue weighted by atomic mass is 10.2. The van der Waals surface area contributed by atoms with E-state index in [0.717, 1.165) is 18.2 Å². The summed E-state index contributed by atoms with van der Waals surface area (Å²) in [5.74, 6) is -0.211. The van der Waals surface area contributed by atoms with Gasteiger partial charge in [0.15, 0.2) is 11.6 Å². The number of hydrogen-bond acceptors (Lipinski definition) is 6. The number of nitro groups is 1. The van der Waals surface area contributed by atoms with Gasteiger partial charge in [0.05, 0.1) is 15.8 Å². The monoisotopic (exact) mass is 383 g/mol. The van der Waals surface area contributed by atoms with Gasteiger partial charge in [-0.3, -0.25) is 23.9 Å². The Balaban J connectivity index is 1.84. The number of para-hydroxylation sites is 1. The van der Waals surface area contributed by atoms with Gasteiger partial charge in [-0.05, 0) is 25.1 Å². The molecule has 142 valence electrons. The van der Waals surface area contributed by atoms with Crippen molar-refractivity contribution < 1.29 is 14.1 Å². The van der Waals surface area contributed by atoms with Gasteiger partial charge < -0.3 is 4.74 Å².